The van der Waals surface area contributed by atoms with Crippen LogP contribution in [0.1, 0.15) is 56.7 Å². The van der Waals surface area contributed by atoms with Crippen molar-refractivity contribution in [2.24, 2.45) is 0 Å². The molecule has 176 valence electrons. The van der Waals surface area contributed by atoms with Crippen LogP contribution < -0.4 is 15.1 Å². The SMILES string of the molecule is CC(=O)N1c2ccc(-c3ccc(N4CCCCC4)cc3)cc2[C@@H](Nc2cccc(C)c2)C[C@H]1C. The molecule has 0 unspecified atom stereocenters. The molecule has 2 heterocycles. The van der Waals surface area contributed by atoms with E-state index in [1.807, 2.05) is 4.90 Å². The van der Waals surface area contributed by atoms with Gasteiger partial charge in [0, 0.05) is 43.1 Å². The number of fused-ring (bicyclic) bond motifs is 1. The molecule has 0 aromatic heterocycles. The Kier molecular flexibility index (Phi) is 6.32. The van der Waals surface area contributed by atoms with E-state index in [1.54, 1.807) is 6.92 Å². The Morgan fingerprint density at radius 2 is 1.65 bits per heavy atom. The highest BCUT2D eigenvalue weighted by Gasteiger charge is 2.32. The van der Waals surface area contributed by atoms with Gasteiger partial charge in [0.2, 0.25) is 5.91 Å². The summed E-state index contributed by atoms with van der Waals surface area (Å²) >= 11 is 0. The van der Waals surface area contributed by atoms with Gasteiger partial charge < -0.3 is 15.1 Å². The Bertz CT molecular complexity index is 1160. The lowest BCUT2D eigenvalue weighted by atomic mass is 9.88. The Hall–Kier alpha value is -3.27. The minimum absolute atomic E-state index is 0.0985. The summed E-state index contributed by atoms with van der Waals surface area (Å²) in [7, 11) is 0. The number of piperidine rings is 1. The standard InChI is InChI=1S/C30H35N3O/c1-21-8-7-9-26(18-21)31-29-19-22(2)33(23(3)34)30-15-12-25(20-28(29)30)24-10-13-27(14-11-24)32-16-5-4-6-17-32/h7-15,18,20,22,29,31H,4-6,16-17,19H2,1-3H3/t22-,29+/m1/s1. The minimum atomic E-state index is 0.0985. The van der Waals surface area contributed by atoms with Crippen LogP contribution in [0.25, 0.3) is 11.1 Å². The van der Waals surface area contributed by atoms with Crippen molar-refractivity contribution in [2.75, 3.05) is 28.2 Å². The third kappa shape index (κ3) is 4.54. The third-order valence-electron chi connectivity index (χ3n) is 7.30. The van der Waals surface area contributed by atoms with Gasteiger partial charge in [-0.15, -0.1) is 0 Å². The van der Waals surface area contributed by atoms with Crippen molar-refractivity contribution in [1.29, 1.82) is 0 Å². The fourth-order valence-electron chi connectivity index (χ4n) is 5.61. The first kappa shape index (κ1) is 22.5. The van der Waals surface area contributed by atoms with Crippen molar-refractivity contribution >= 4 is 23.0 Å². The summed E-state index contributed by atoms with van der Waals surface area (Å²) in [6.45, 7) is 8.24. The van der Waals surface area contributed by atoms with Crippen molar-refractivity contribution in [1.82, 2.24) is 0 Å². The normalized spacial score (nSPS) is 20.1. The number of benzene rings is 3. The number of hydrogen-bond donors (Lipinski definition) is 1. The molecule has 3 aromatic carbocycles. The number of nitrogens with one attached hydrogen (secondary N) is 1. The smallest absolute Gasteiger partial charge is 0.224 e. The molecule has 1 N–H and O–H groups in total. The van der Waals surface area contributed by atoms with Crippen molar-refractivity contribution < 1.29 is 4.79 Å². The van der Waals surface area contributed by atoms with E-state index in [-0.39, 0.29) is 18.0 Å². The van der Waals surface area contributed by atoms with E-state index in [1.165, 1.54) is 47.2 Å². The third-order valence-corrected chi connectivity index (χ3v) is 7.30. The summed E-state index contributed by atoms with van der Waals surface area (Å²) in [5.41, 5.74) is 8.29. The highest BCUT2D eigenvalue weighted by atomic mass is 16.2. The fraction of sp³-hybridized carbons (Fsp3) is 0.367. The van der Waals surface area contributed by atoms with Gasteiger partial charge in [-0.2, -0.15) is 0 Å². The molecule has 1 amide bonds. The van der Waals surface area contributed by atoms with Gasteiger partial charge in [0.15, 0.2) is 0 Å². The van der Waals surface area contributed by atoms with E-state index in [0.717, 1.165) is 30.9 Å². The summed E-state index contributed by atoms with van der Waals surface area (Å²) in [5.74, 6) is 0.0985. The van der Waals surface area contributed by atoms with Gasteiger partial charge in [0.05, 0.1) is 6.04 Å². The van der Waals surface area contributed by atoms with Crippen LogP contribution >= 0.6 is 0 Å². The first-order valence-electron chi connectivity index (χ1n) is 12.6. The summed E-state index contributed by atoms with van der Waals surface area (Å²) in [4.78, 5) is 17.0. The first-order valence-corrected chi connectivity index (χ1v) is 12.6. The van der Waals surface area contributed by atoms with Crippen molar-refractivity contribution in [2.45, 2.75) is 58.5 Å². The Labute approximate surface area is 203 Å². The molecule has 5 rings (SSSR count). The van der Waals surface area contributed by atoms with Crippen molar-refractivity contribution in [3.8, 4) is 11.1 Å². The zero-order valence-electron chi connectivity index (χ0n) is 20.6. The summed E-state index contributed by atoms with van der Waals surface area (Å²) < 4.78 is 0. The molecule has 1 saturated heterocycles. The van der Waals surface area contributed by atoms with Crippen LogP contribution in [0.5, 0.6) is 0 Å². The molecule has 0 aliphatic carbocycles. The van der Waals surface area contributed by atoms with Crippen LogP contribution in [0.15, 0.2) is 66.7 Å². The van der Waals surface area contributed by atoms with Crippen LogP contribution in [0, 0.1) is 6.92 Å². The van der Waals surface area contributed by atoms with Crippen LogP contribution in [0.3, 0.4) is 0 Å². The summed E-state index contributed by atoms with van der Waals surface area (Å²) in [6.07, 6.45) is 4.79. The van der Waals surface area contributed by atoms with E-state index in [9.17, 15) is 4.79 Å². The monoisotopic (exact) mass is 453 g/mol. The number of carbonyl (C=O) groups excluding carboxylic acids is 1. The number of rotatable bonds is 4. The van der Waals surface area contributed by atoms with E-state index >= 15 is 0 Å². The number of carbonyl (C=O) groups is 1. The van der Waals surface area contributed by atoms with Crippen LogP contribution in [0.4, 0.5) is 17.1 Å². The van der Waals surface area contributed by atoms with E-state index in [4.69, 9.17) is 0 Å². The lowest BCUT2D eigenvalue weighted by molar-refractivity contribution is -0.117. The molecule has 4 nitrogen and oxygen atoms in total. The predicted octanol–water partition coefficient (Wildman–Crippen LogP) is 6.95. The number of nitrogens with zero attached hydrogens (tertiary/aromatic N) is 2. The zero-order chi connectivity index (χ0) is 23.7. The molecule has 1 fully saturated rings. The number of amides is 1. The molecular weight excluding hydrogens is 418 g/mol. The molecule has 2 atom stereocenters. The van der Waals surface area contributed by atoms with Gasteiger partial charge in [-0.1, -0.05) is 30.3 Å². The largest absolute Gasteiger partial charge is 0.378 e. The lowest BCUT2D eigenvalue weighted by Crippen LogP contribution is -2.43. The van der Waals surface area contributed by atoms with Crippen LogP contribution in [0.2, 0.25) is 0 Å². The maximum atomic E-state index is 12.5. The van der Waals surface area contributed by atoms with Gasteiger partial charge >= 0.3 is 0 Å². The van der Waals surface area contributed by atoms with Gasteiger partial charge in [-0.25, -0.2) is 0 Å². The quantitative estimate of drug-likeness (QED) is 0.464. The summed E-state index contributed by atoms with van der Waals surface area (Å²) in [6, 6.07) is 24.4. The number of hydrogen-bond acceptors (Lipinski definition) is 3. The van der Waals surface area contributed by atoms with Gasteiger partial charge in [-0.05, 0) is 98.2 Å². The Morgan fingerprint density at radius 3 is 2.35 bits per heavy atom. The molecule has 3 aromatic rings. The molecule has 0 radical (unpaired) electrons. The van der Waals surface area contributed by atoms with E-state index in [0.29, 0.717) is 0 Å². The maximum absolute atomic E-state index is 12.5. The molecule has 4 heteroatoms. The lowest BCUT2D eigenvalue weighted by Gasteiger charge is -2.40. The Balaban J connectivity index is 1.48. The number of aryl methyl sites for hydroxylation is 1. The summed E-state index contributed by atoms with van der Waals surface area (Å²) in [5, 5.41) is 3.75. The van der Waals surface area contributed by atoms with E-state index < -0.39 is 0 Å². The minimum Gasteiger partial charge on any atom is -0.378 e. The molecule has 0 spiro atoms. The predicted molar refractivity (Wildman–Crippen MR) is 143 cm³/mol. The number of anilines is 3. The highest BCUT2D eigenvalue weighted by molar-refractivity contribution is 5.94. The zero-order valence-corrected chi connectivity index (χ0v) is 20.6. The van der Waals surface area contributed by atoms with Gasteiger partial charge in [0.25, 0.3) is 0 Å². The Morgan fingerprint density at radius 1 is 0.912 bits per heavy atom. The fourth-order valence-corrected chi connectivity index (χ4v) is 5.61. The van der Waals surface area contributed by atoms with Crippen molar-refractivity contribution in [3.63, 3.8) is 0 Å². The van der Waals surface area contributed by atoms with E-state index in [2.05, 4.69) is 90.8 Å². The molecule has 2 aliphatic heterocycles. The van der Waals surface area contributed by atoms with Crippen LogP contribution in [-0.2, 0) is 4.79 Å². The molecule has 0 saturated carbocycles. The average molecular weight is 454 g/mol. The van der Waals surface area contributed by atoms with Gasteiger partial charge in [0.1, 0.15) is 0 Å². The second-order valence-corrected chi connectivity index (χ2v) is 9.91. The molecule has 34 heavy (non-hydrogen) atoms. The molecule has 2 aliphatic rings. The maximum Gasteiger partial charge on any atom is 0.224 e. The molecule has 0 bridgehead atoms. The second kappa shape index (κ2) is 9.54. The first-order chi connectivity index (χ1) is 16.5. The van der Waals surface area contributed by atoms with Gasteiger partial charge in [-0.3, -0.25) is 4.79 Å². The van der Waals surface area contributed by atoms with Crippen molar-refractivity contribution in [3.05, 3.63) is 77.9 Å². The second-order valence-electron chi connectivity index (χ2n) is 9.91. The average Bonchev–Trinajstić information content (AvgIpc) is 2.84. The topological polar surface area (TPSA) is 35.6 Å². The highest BCUT2D eigenvalue weighted by Crippen LogP contribution is 2.41. The molecular formula is C30H35N3O. The van der Waals surface area contributed by atoms with Crippen LogP contribution in [-0.4, -0.2) is 25.0 Å².